The average Bonchev–Trinajstić information content (AvgIpc) is 3.20. The fourth-order valence-corrected chi connectivity index (χ4v) is 5.14. The van der Waals surface area contributed by atoms with Gasteiger partial charge in [-0.2, -0.15) is 26.3 Å². The summed E-state index contributed by atoms with van der Waals surface area (Å²) in [6.45, 7) is 3.65. The number of nitrogens with one attached hydrogen (secondary N) is 1. The number of alkyl halides is 6. The van der Waals surface area contributed by atoms with E-state index in [1.807, 2.05) is 0 Å². The molecule has 0 aliphatic carbocycles. The summed E-state index contributed by atoms with van der Waals surface area (Å²) < 4.78 is 97.6. The Hall–Kier alpha value is -4.53. The second-order valence-corrected chi connectivity index (χ2v) is 10.7. The first-order valence-electron chi connectivity index (χ1n) is 13.7. The van der Waals surface area contributed by atoms with E-state index in [9.17, 15) is 41.0 Å². The van der Waals surface area contributed by atoms with Crippen LogP contribution in [0.3, 0.4) is 0 Å². The van der Waals surface area contributed by atoms with E-state index in [2.05, 4.69) is 10.3 Å². The molecule has 2 aliphatic heterocycles. The molecule has 5 rings (SSSR count). The minimum atomic E-state index is -6.03. The normalized spacial score (nSPS) is 18.6. The number of halogens is 6. The fourth-order valence-electron chi connectivity index (χ4n) is 5.14. The van der Waals surface area contributed by atoms with Crippen LogP contribution in [0.15, 0.2) is 54.7 Å². The molecule has 45 heavy (non-hydrogen) atoms. The third-order valence-electron chi connectivity index (χ3n) is 7.55. The van der Waals surface area contributed by atoms with Crippen molar-refractivity contribution in [2.75, 3.05) is 13.2 Å². The van der Waals surface area contributed by atoms with Crippen LogP contribution in [0.25, 0.3) is 0 Å². The van der Waals surface area contributed by atoms with E-state index in [1.54, 1.807) is 32.0 Å². The number of aromatic nitrogens is 1. The highest BCUT2D eigenvalue weighted by molar-refractivity contribution is 6.07. The Bertz CT molecular complexity index is 1610. The van der Waals surface area contributed by atoms with Crippen molar-refractivity contribution >= 4 is 11.9 Å². The molecule has 1 unspecified atom stereocenters. The Balaban J connectivity index is 1.38. The number of aryl methyl sites for hydroxylation is 1. The van der Waals surface area contributed by atoms with Gasteiger partial charge in [0.25, 0.3) is 11.5 Å². The van der Waals surface area contributed by atoms with Gasteiger partial charge in [-0.15, -0.1) is 0 Å². The molecule has 3 aromatic rings. The van der Waals surface area contributed by atoms with E-state index in [4.69, 9.17) is 14.2 Å². The van der Waals surface area contributed by atoms with E-state index in [0.29, 0.717) is 48.8 Å². The van der Waals surface area contributed by atoms with Crippen LogP contribution >= 0.6 is 0 Å². The Morgan fingerprint density at radius 2 is 1.67 bits per heavy atom. The molecule has 15 heteroatoms. The number of amides is 3. The van der Waals surface area contributed by atoms with Crippen LogP contribution in [0.2, 0.25) is 0 Å². The van der Waals surface area contributed by atoms with Crippen molar-refractivity contribution in [2.45, 2.75) is 56.7 Å². The van der Waals surface area contributed by atoms with Crippen molar-refractivity contribution in [3.63, 3.8) is 0 Å². The van der Waals surface area contributed by atoms with Crippen LogP contribution in [0, 0.1) is 0 Å². The van der Waals surface area contributed by atoms with Gasteiger partial charge in [-0.25, -0.2) is 4.79 Å². The minimum absolute atomic E-state index is 0.00965. The molecule has 3 amide bonds. The lowest BCUT2D eigenvalue weighted by molar-refractivity contribution is -0.376. The Labute approximate surface area is 252 Å². The van der Waals surface area contributed by atoms with Gasteiger partial charge >= 0.3 is 18.4 Å². The number of nitrogens with zero attached hydrogens (tertiary/aromatic N) is 2. The van der Waals surface area contributed by atoms with Crippen LogP contribution < -0.4 is 19.5 Å². The first-order chi connectivity index (χ1) is 21.1. The molecule has 1 fully saturated rings. The molecular formula is C30H27F6N3O6. The van der Waals surface area contributed by atoms with E-state index >= 15 is 0 Å². The number of benzene rings is 2. The molecule has 0 spiro atoms. The quantitative estimate of drug-likeness (QED) is 0.234. The molecule has 1 saturated heterocycles. The zero-order valence-electron chi connectivity index (χ0n) is 23.9. The van der Waals surface area contributed by atoms with E-state index < -0.39 is 41.0 Å². The van der Waals surface area contributed by atoms with Crippen molar-refractivity contribution in [3.8, 4) is 23.0 Å². The number of imide groups is 1. The predicted octanol–water partition coefficient (Wildman–Crippen LogP) is 5.88. The Kier molecular flexibility index (Phi) is 8.10. The number of carbonyl (C=O) groups is 2. The number of ether oxygens (including phenoxy) is 3. The summed E-state index contributed by atoms with van der Waals surface area (Å²) in [6.07, 6.45) is -10.4. The monoisotopic (exact) mass is 639 g/mol. The predicted molar refractivity (Wildman–Crippen MR) is 145 cm³/mol. The van der Waals surface area contributed by atoms with Gasteiger partial charge in [0.15, 0.2) is 11.5 Å². The van der Waals surface area contributed by atoms with Crippen LogP contribution in [0.1, 0.15) is 42.7 Å². The summed E-state index contributed by atoms with van der Waals surface area (Å²) in [5.74, 6) is 0.416. The summed E-state index contributed by atoms with van der Waals surface area (Å²) in [5, 5.41) is 12.5. The molecule has 1 aromatic heterocycles. The summed E-state index contributed by atoms with van der Waals surface area (Å²) in [6, 6.07) is 9.03. The Morgan fingerprint density at radius 3 is 2.33 bits per heavy atom. The summed E-state index contributed by atoms with van der Waals surface area (Å²) in [5.41, 5.74) is -7.24. The van der Waals surface area contributed by atoms with Crippen molar-refractivity contribution in [1.29, 1.82) is 0 Å². The molecule has 0 bridgehead atoms. The summed E-state index contributed by atoms with van der Waals surface area (Å²) >= 11 is 0. The van der Waals surface area contributed by atoms with Gasteiger partial charge in [0, 0.05) is 17.8 Å². The molecule has 240 valence electrons. The van der Waals surface area contributed by atoms with Gasteiger partial charge in [-0.1, -0.05) is 25.5 Å². The molecule has 0 saturated carbocycles. The molecule has 2 aromatic carbocycles. The van der Waals surface area contributed by atoms with Crippen LogP contribution in [-0.2, 0) is 28.9 Å². The first-order valence-corrected chi connectivity index (χ1v) is 13.7. The third-order valence-corrected chi connectivity index (χ3v) is 7.55. The highest BCUT2D eigenvalue weighted by Gasteiger charge is 2.71. The molecule has 2 N–H and O–H groups in total. The van der Waals surface area contributed by atoms with E-state index in [1.165, 1.54) is 18.3 Å². The van der Waals surface area contributed by atoms with Crippen LogP contribution in [0.4, 0.5) is 31.1 Å². The number of fused-ring (bicyclic) bond motifs is 1. The largest absolute Gasteiger partial charge is 0.486 e. The van der Waals surface area contributed by atoms with Crippen molar-refractivity contribution in [3.05, 3.63) is 77.1 Å². The number of hydrogen-bond donors (Lipinski definition) is 2. The van der Waals surface area contributed by atoms with Crippen molar-refractivity contribution < 1.29 is 55.2 Å². The van der Waals surface area contributed by atoms with Gasteiger partial charge in [0.1, 0.15) is 30.3 Å². The highest BCUT2D eigenvalue weighted by Crippen LogP contribution is 2.50. The second-order valence-electron chi connectivity index (χ2n) is 10.7. The number of hydrogen-bond acceptors (Lipinski definition) is 7. The number of pyridine rings is 1. The van der Waals surface area contributed by atoms with Crippen LogP contribution in [-0.4, -0.2) is 52.5 Å². The lowest BCUT2D eigenvalue weighted by Crippen LogP contribution is -2.53. The zero-order valence-corrected chi connectivity index (χ0v) is 23.9. The topological polar surface area (TPSA) is 110 Å². The SMILES string of the molecule is CCCc1cc(C(O)(C(F)(F)F)C(F)(F)F)ccc1Oc1ccnc(CN2C(=O)NC(C)(c3ccc4c(c3)OCCO4)C2=O)c1. The Morgan fingerprint density at radius 1 is 0.978 bits per heavy atom. The lowest BCUT2D eigenvalue weighted by atomic mass is 9.90. The lowest BCUT2D eigenvalue weighted by Gasteiger charge is -2.33. The minimum Gasteiger partial charge on any atom is -0.486 e. The molecule has 2 aliphatic rings. The number of carbonyl (C=O) groups excluding carboxylic acids is 2. The highest BCUT2D eigenvalue weighted by atomic mass is 19.4. The fraction of sp³-hybridized carbons (Fsp3) is 0.367. The molecular weight excluding hydrogens is 612 g/mol. The maximum absolute atomic E-state index is 13.5. The van der Waals surface area contributed by atoms with Crippen molar-refractivity contribution in [1.82, 2.24) is 15.2 Å². The van der Waals surface area contributed by atoms with E-state index in [-0.39, 0.29) is 35.7 Å². The molecule has 3 heterocycles. The van der Waals surface area contributed by atoms with Gasteiger partial charge in [-0.3, -0.25) is 14.7 Å². The third kappa shape index (κ3) is 5.72. The maximum atomic E-state index is 13.5. The van der Waals surface area contributed by atoms with Gasteiger partial charge in [0.05, 0.1) is 12.2 Å². The molecule has 0 radical (unpaired) electrons. The second kappa shape index (κ2) is 11.4. The average molecular weight is 640 g/mol. The van der Waals surface area contributed by atoms with Gasteiger partial charge in [-0.05, 0) is 54.8 Å². The smallest absolute Gasteiger partial charge is 0.430 e. The van der Waals surface area contributed by atoms with Crippen LogP contribution in [0.5, 0.6) is 23.0 Å². The van der Waals surface area contributed by atoms with Gasteiger partial charge < -0.3 is 24.6 Å². The summed E-state index contributed by atoms with van der Waals surface area (Å²) in [4.78, 5) is 31.5. The molecule has 1 atom stereocenters. The number of urea groups is 1. The standard InChI is InChI=1S/C30H27F6N3O6/c1-3-4-17-13-19(28(42,29(31,32)33)30(34,35)36)6-7-22(17)45-21-9-10-37-20(15-21)16-39-25(40)27(2,38-26(39)41)18-5-8-23-24(14-18)44-12-11-43-23/h5-10,13-15,42H,3-4,11-12,16H2,1-2H3,(H,38,41). The maximum Gasteiger partial charge on any atom is 0.430 e. The molecule has 9 nitrogen and oxygen atoms in total. The van der Waals surface area contributed by atoms with Crippen molar-refractivity contribution in [2.24, 2.45) is 0 Å². The number of rotatable bonds is 8. The summed E-state index contributed by atoms with van der Waals surface area (Å²) in [7, 11) is 0. The zero-order chi connectivity index (χ0) is 32.8. The van der Waals surface area contributed by atoms with E-state index in [0.717, 1.165) is 11.0 Å². The van der Waals surface area contributed by atoms with Gasteiger partial charge in [0.2, 0.25) is 0 Å². The number of aliphatic hydroxyl groups is 1. The first kappa shape index (κ1) is 31.9.